The smallest absolute Gasteiger partial charge is 0.335 e. The number of nitrogens with one attached hydrogen (secondary N) is 3. The summed E-state index contributed by atoms with van der Waals surface area (Å²) in [5.74, 6) is -1.09. The summed E-state index contributed by atoms with van der Waals surface area (Å²) >= 11 is 0. The molecule has 24 heavy (non-hydrogen) atoms. The third-order valence-electron chi connectivity index (χ3n) is 2.81. The van der Waals surface area contributed by atoms with Crippen LogP contribution in [0, 0.1) is 0 Å². The topological polar surface area (TPSA) is 125 Å². The van der Waals surface area contributed by atoms with Crippen molar-refractivity contribution in [3.8, 4) is 0 Å². The second-order valence-corrected chi connectivity index (χ2v) is 6.67. The highest BCUT2D eigenvalue weighted by molar-refractivity contribution is 7.92. The molecule has 2 aromatic carbocycles. The van der Waals surface area contributed by atoms with Crippen molar-refractivity contribution >= 4 is 39.1 Å². The van der Waals surface area contributed by atoms with Crippen LogP contribution in [0.1, 0.15) is 10.4 Å². The number of carboxylic acids is 1. The third-order valence-corrected chi connectivity index (χ3v) is 3.42. The minimum absolute atomic E-state index is 0.0593. The molecule has 0 saturated carbocycles. The fourth-order valence-electron chi connectivity index (χ4n) is 1.86. The molecule has 4 N–H and O–H groups in total. The predicted molar refractivity (Wildman–Crippen MR) is 91.0 cm³/mol. The Bertz CT molecular complexity index is 863. The van der Waals surface area contributed by atoms with E-state index < -0.39 is 22.0 Å². The van der Waals surface area contributed by atoms with Gasteiger partial charge in [0.15, 0.2) is 0 Å². The molecule has 0 fully saturated rings. The van der Waals surface area contributed by atoms with E-state index in [0.717, 1.165) is 6.26 Å². The summed E-state index contributed by atoms with van der Waals surface area (Å²) in [4.78, 5) is 22.8. The number of carboxylic acid groups (broad SMARTS) is 1. The number of aromatic carboxylic acids is 1. The first-order valence-corrected chi connectivity index (χ1v) is 8.61. The van der Waals surface area contributed by atoms with Crippen LogP contribution in [-0.4, -0.2) is 31.8 Å². The molecule has 0 aliphatic rings. The van der Waals surface area contributed by atoms with E-state index in [2.05, 4.69) is 15.4 Å². The van der Waals surface area contributed by atoms with Gasteiger partial charge in [0.25, 0.3) is 0 Å². The van der Waals surface area contributed by atoms with Crippen LogP contribution in [0.3, 0.4) is 0 Å². The van der Waals surface area contributed by atoms with Crippen LogP contribution in [-0.2, 0) is 10.0 Å². The molecule has 8 nitrogen and oxygen atoms in total. The van der Waals surface area contributed by atoms with Crippen molar-refractivity contribution in [1.29, 1.82) is 0 Å². The molecular formula is C15H15N3O5S. The van der Waals surface area contributed by atoms with Gasteiger partial charge in [0, 0.05) is 17.1 Å². The van der Waals surface area contributed by atoms with E-state index in [4.69, 9.17) is 5.11 Å². The van der Waals surface area contributed by atoms with Crippen molar-refractivity contribution in [3.63, 3.8) is 0 Å². The first kappa shape index (κ1) is 17.3. The average Bonchev–Trinajstić information content (AvgIpc) is 2.48. The van der Waals surface area contributed by atoms with Gasteiger partial charge in [-0.3, -0.25) is 4.72 Å². The summed E-state index contributed by atoms with van der Waals surface area (Å²) in [5, 5.41) is 14.0. The van der Waals surface area contributed by atoms with E-state index in [1.165, 1.54) is 42.5 Å². The molecule has 0 aliphatic heterocycles. The van der Waals surface area contributed by atoms with Gasteiger partial charge in [0.1, 0.15) is 0 Å². The molecule has 0 aromatic heterocycles. The fraction of sp³-hybridized carbons (Fsp3) is 0.0667. The molecule has 2 amide bonds. The second-order valence-electron chi connectivity index (χ2n) is 4.92. The Morgan fingerprint density at radius 1 is 0.917 bits per heavy atom. The number of carbonyl (C=O) groups is 2. The molecule has 0 spiro atoms. The quantitative estimate of drug-likeness (QED) is 0.660. The molecule has 2 rings (SSSR count). The van der Waals surface area contributed by atoms with Crippen LogP contribution in [0.5, 0.6) is 0 Å². The normalized spacial score (nSPS) is 10.7. The number of amides is 2. The van der Waals surface area contributed by atoms with Crippen LogP contribution in [0.15, 0.2) is 48.5 Å². The SMILES string of the molecule is CS(=O)(=O)Nc1ccc(NC(=O)Nc2cccc(C(=O)O)c2)cc1. The summed E-state index contributed by atoms with van der Waals surface area (Å²) < 4.78 is 24.5. The molecule has 9 heteroatoms. The number of hydrogen-bond acceptors (Lipinski definition) is 4. The van der Waals surface area contributed by atoms with E-state index in [1.807, 2.05) is 0 Å². The number of sulfonamides is 1. The Kier molecular flexibility index (Phi) is 5.05. The summed E-state index contributed by atoms with van der Waals surface area (Å²) in [6.45, 7) is 0. The molecule has 0 aliphatic carbocycles. The first-order chi connectivity index (χ1) is 11.2. The van der Waals surface area contributed by atoms with Gasteiger partial charge in [-0.15, -0.1) is 0 Å². The molecule has 0 unspecified atom stereocenters. The first-order valence-electron chi connectivity index (χ1n) is 6.72. The Labute approximate surface area is 138 Å². The van der Waals surface area contributed by atoms with E-state index in [-0.39, 0.29) is 5.56 Å². The zero-order valence-corrected chi connectivity index (χ0v) is 13.4. The molecular weight excluding hydrogens is 334 g/mol. The van der Waals surface area contributed by atoms with E-state index in [0.29, 0.717) is 17.1 Å². The number of hydrogen-bond donors (Lipinski definition) is 4. The van der Waals surface area contributed by atoms with Crippen molar-refractivity contribution in [2.45, 2.75) is 0 Å². The molecule has 0 saturated heterocycles. The summed E-state index contributed by atoms with van der Waals surface area (Å²) in [7, 11) is -3.36. The van der Waals surface area contributed by atoms with Gasteiger partial charge in [-0.1, -0.05) is 6.07 Å². The van der Waals surface area contributed by atoms with Crippen LogP contribution < -0.4 is 15.4 Å². The van der Waals surface area contributed by atoms with Crippen molar-refractivity contribution in [3.05, 3.63) is 54.1 Å². The van der Waals surface area contributed by atoms with Crippen molar-refractivity contribution < 1.29 is 23.1 Å². The molecule has 126 valence electrons. The highest BCUT2D eigenvalue weighted by atomic mass is 32.2. The van der Waals surface area contributed by atoms with Gasteiger partial charge >= 0.3 is 12.0 Å². The van der Waals surface area contributed by atoms with E-state index >= 15 is 0 Å². The Morgan fingerprint density at radius 2 is 1.50 bits per heavy atom. The number of urea groups is 1. The van der Waals surface area contributed by atoms with Crippen LogP contribution in [0.4, 0.5) is 21.9 Å². The maximum absolute atomic E-state index is 11.9. The lowest BCUT2D eigenvalue weighted by atomic mass is 10.2. The number of benzene rings is 2. The fourth-order valence-corrected chi connectivity index (χ4v) is 2.42. The van der Waals surface area contributed by atoms with Crippen molar-refractivity contribution in [1.82, 2.24) is 0 Å². The molecule has 0 bridgehead atoms. The van der Waals surface area contributed by atoms with Crippen LogP contribution in [0.2, 0.25) is 0 Å². The third kappa shape index (κ3) is 5.29. The lowest BCUT2D eigenvalue weighted by Crippen LogP contribution is -2.19. The zero-order chi connectivity index (χ0) is 17.7. The van der Waals surface area contributed by atoms with Gasteiger partial charge in [-0.25, -0.2) is 18.0 Å². The standard InChI is InChI=1S/C15H15N3O5S/c1-24(22,23)18-12-7-5-11(6-8-12)16-15(21)17-13-4-2-3-10(9-13)14(19)20/h2-9,18H,1H3,(H,19,20)(H2,16,17,21). The van der Waals surface area contributed by atoms with E-state index in [9.17, 15) is 18.0 Å². The molecule has 2 aromatic rings. The van der Waals surface area contributed by atoms with Crippen LogP contribution in [0.25, 0.3) is 0 Å². The highest BCUT2D eigenvalue weighted by Gasteiger charge is 2.07. The lowest BCUT2D eigenvalue weighted by Gasteiger charge is -2.09. The highest BCUT2D eigenvalue weighted by Crippen LogP contribution is 2.15. The minimum Gasteiger partial charge on any atom is -0.478 e. The summed E-state index contributed by atoms with van der Waals surface area (Å²) in [5.41, 5.74) is 1.21. The van der Waals surface area contributed by atoms with Gasteiger partial charge in [0.2, 0.25) is 10.0 Å². The number of anilines is 3. The van der Waals surface area contributed by atoms with Crippen molar-refractivity contribution in [2.75, 3.05) is 21.6 Å². The average molecular weight is 349 g/mol. The molecule has 0 atom stereocenters. The largest absolute Gasteiger partial charge is 0.478 e. The Hall–Kier alpha value is -3.07. The Morgan fingerprint density at radius 3 is 2.08 bits per heavy atom. The maximum atomic E-state index is 11.9. The van der Waals surface area contributed by atoms with Gasteiger partial charge in [-0.2, -0.15) is 0 Å². The summed E-state index contributed by atoms with van der Waals surface area (Å²) in [6, 6.07) is 11.3. The van der Waals surface area contributed by atoms with E-state index in [1.54, 1.807) is 6.07 Å². The number of carbonyl (C=O) groups excluding carboxylic acids is 1. The van der Waals surface area contributed by atoms with Crippen molar-refractivity contribution in [2.24, 2.45) is 0 Å². The lowest BCUT2D eigenvalue weighted by molar-refractivity contribution is 0.0697. The second kappa shape index (κ2) is 7.01. The van der Waals surface area contributed by atoms with Gasteiger partial charge < -0.3 is 15.7 Å². The van der Waals surface area contributed by atoms with Gasteiger partial charge in [0.05, 0.1) is 11.8 Å². The predicted octanol–water partition coefficient (Wildman–Crippen LogP) is 2.40. The zero-order valence-electron chi connectivity index (χ0n) is 12.6. The summed E-state index contributed by atoms with van der Waals surface area (Å²) in [6.07, 6.45) is 1.04. The molecule has 0 heterocycles. The van der Waals surface area contributed by atoms with Gasteiger partial charge in [-0.05, 0) is 42.5 Å². The molecule has 0 radical (unpaired) electrons. The Balaban J connectivity index is 1.99. The van der Waals surface area contributed by atoms with Crippen LogP contribution >= 0.6 is 0 Å². The monoisotopic (exact) mass is 349 g/mol. The minimum atomic E-state index is -3.36. The maximum Gasteiger partial charge on any atom is 0.335 e. The number of rotatable bonds is 5.